The molecule has 1 heterocycles. The SMILES string of the molecule is CC(C)(C)COCCCCCCOCc1ncc(NC(C)(C)C)cn1. The molecule has 0 aliphatic carbocycles. The van der Waals surface area contributed by atoms with Crippen molar-refractivity contribution in [3.05, 3.63) is 18.2 Å². The van der Waals surface area contributed by atoms with Gasteiger partial charge in [0.1, 0.15) is 6.61 Å². The lowest BCUT2D eigenvalue weighted by Crippen LogP contribution is -2.26. The third kappa shape index (κ3) is 12.8. The molecule has 1 N–H and O–H groups in total. The molecule has 0 aliphatic rings. The van der Waals surface area contributed by atoms with Gasteiger partial charge in [-0.25, -0.2) is 9.97 Å². The fourth-order valence-corrected chi connectivity index (χ4v) is 2.23. The molecule has 1 aromatic rings. The largest absolute Gasteiger partial charge is 0.381 e. The summed E-state index contributed by atoms with van der Waals surface area (Å²) in [6.07, 6.45) is 8.19. The lowest BCUT2D eigenvalue weighted by Gasteiger charge is -2.21. The molecule has 5 heteroatoms. The maximum atomic E-state index is 5.67. The van der Waals surface area contributed by atoms with Crippen LogP contribution in [0.1, 0.15) is 73.1 Å². The van der Waals surface area contributed by atoms with Gasteiger partial charge in [-0.05, 0) is 39.0 Å². The van der Waals surface area contributed by atoms with Crippen LogP contribution in [-0.2, 0) is 16.1 Å². The summed E-state index contributed by atoms with van der Waals surface area (Å²) in [4.78, 5) is 8.67. The van der Waals surface area contributed by atoms with Crippen LogP contribution in [0.15, 0.2) is 12.4 Å². The Morgan fingerprint density at radius 3 is 1.92 bits per heavy atom. The van der Waals surface area contributed by atoms with Crippen LogP contribution < -0.4 is 5.32 Å². The summed E-state index contributed by atoms with van der Waals surface area (Å²) >= 11 is 0. The van der Waals surface area contributed by atoms with Gasteiger partial charge in [0.2, 0.25) is 0 Å². The Labute approximate surface area is 153 Å². The maximum absolute atomic E-state index is 5.67. The maximum Gasteiger partial charge on any atom is 0.154 e. The molecule has 0 fully saturated rings. The molecular weight excluding hydrogens is 314 g/mol. The predicted molar refractivity (Wildman–Crippen MR) is 104 cm³/mol. The Bertz CT molecular complexity index is 461. The van der Waals surface area contributed by atoms with Crippen LogP contribution >= 0.6 is 0 Å². The van der Waals surface area contributed by atoms with Crippen molar-refractivity contribution in [2.75, 3.05) is 25.1 Å². The summed E-state index contributed by atoms with van der Waals surface area (Å²) in [7, 11) is 0. The van der Waals surface area contributed by atoms with Gasteiger partial charge in [0.15, 0.2) is 5.82 Å². The van der Waals surface area contributed by atoms with Gasteiger partial charge in [-0.1, -0.05) is 33.6 Å². The summed E-state index contributed by atoms with van der Waals surface area (Å²) in [5, 5.41) is 3.35. The van der Waals surface area contributed by atoms with E-state index < -0.39 is 0 Å². The lowest BCUT2D eigenvalue weighted by atomic mass is 9.99. The standard InChI is InChI=1S/C20H37N3O2/c1-19(2,3)16-25-12-10-8-7-9-11-24-15-18-21-13-17(14-22-18)23-20(4,5)6/h13-14,23H,7-12,15-16H2,1-6H3. The first-order chi connectivity index (χ1) is 11.7. The molecule has 0 aliphatic heterocycles. The highest BCUT2D eigenvalue weighted by atomic mass is 16.5. The zero-order valence-electron chi connectivity index (χ0n) is 17.0. The molecule has 0 amide bonds. The number of aromatic nitrogens is 2. The highest BCUT2D eigenvalue weighted by Gasteiger charge is 2.10. The molecule has 0 saturated heterocycles. The van der Waals surface area contributed by atoms with E-state index in [1.54, 1.807) is 0 Å². The van der Waals surface area contributed by atoms with Gasteiger partial charge in [-0.15, -0.1) is 0 Å². The zero-order valence-corrected chi connectivity index (χ0v) is 17.0. The van der Waals surface area contributed by atoms with Crippen LogP contribution in [0.5, 0.6) is 0 Å². The van der Waals surface area contributed by atoms with Gasteiger partial charge in [0.25, 0.3) is 0 Å². The van der Waals surface area contributed by atoms with E-state index in [0.717, 1.165) is 44.2 Å². The van der Waals surface area contributed by atoms with E-state index in [1.165, 1.54) is 12.8 Å². The number of anilines is 1. The van der Waals surface area contributed by atoms with E-state index in [1.807, 2.05) is 12.4 Å². The quantitative estimate of drug-likeness (QED) is 0.579. The van der Waals surface area contributed by atoms with Crippen LogP contribution in [0.25, 0.3) is 0 Å². The normalized spacial score (nSPS) is 12.4. The fraction of sp³-hybridized carbons (Fsp3) is 0.800. The molecule has 0 aromatic carbocycles. The molecule has 144 valence electrons. The minimum Gasteiger partial charge on any atom is -0.381 e. The molecule has 0 spiro atoms. The number of rotatable bonds is 11. The van der Waals surface area contributed by atoms with Crippen LogP contribution in [0.3, 0.4) is 0 Å². The fourth-order valence-electron chi connectivity index (χ4n) is 2.23. The van der Waals surface area contributed by atoms with Gasteiger partial charge in [0.05, 0.1) is 24.7 Å². The van der Waals surface area contributed by atoms with E-state index >= 15 is 0 Å². The van der Waals surface area contributed by atoms with E-state index in [2.05, 4.69) is 56.8 Å². The molecule has 1 aromatic heterocycles. The second-order valence-electron chi connectivity index (χ2n) is 8.84. The molecule has 0 unspecified atom stereocenters. The van der Waals surface area contributed by atoms with Crippen molar-refractivity contribution < 1.29 is 9.47 Å². The molecule has 0 radical (unpaired) electrons. The first-order valence-corrected chi connectivity index (χ1v) is 9.40. The Kier molecular flexibility index (Phi) is 9.36. The minimum atomic E-state index is 0.0131. The van der Waals surface area contributed by atoms with Gasteiger partial charge in [-0.3, -0.25) is 0 Å². The van der Waals surface area contributed by atoms with Crippen molar-refractivity contribution in [3.63, 3.8) is 0 Å². The average Bonchev–Trinajstić information content (AvgIpc) is 2.48. The first-order valence-electron chi connectivity index (χ1n) is 9.40. The van der Waals surface area contributed by atoms with Gasteiger partial charge in [-0.2, -0.15) is 0 Å². The summed E-state index contributed by atoms with van der Waals surface area (Å²) in [6.45, 7) is 15.9. The van der Waals surface area contributed by atoms with Gasteiger partial charge >= 0.3 is 0 Å². The lowest BCUT2D eigenvalue weighted by molar-refractivity contribution is 0.0677. The van der Waals surface area contributed by atoms with Crippen molar-refractivity contribution in [2.24, 2.45) is 5.41 Å². The third-order valence-corrected chi connectivity index (χ3v) is 3.32. The molecular formula is C20H37N3O2. The summed E-state index contributed by atoms with van der Waals surface area (Å²) in [5.74, 6) is 0.732. The highest BCUT2D eigenvalue weighted by Crippen LogP contribution is 2.14. The van der Waals surface area contributed by atoms with Gasteiger partial charge in [0, 0.05) is 18.8 Å². The predicted octanol–water partition coefficient (Wildman–Crippen LogP) is 4.83. The smallest absolute Gasteiger partial charge is 0.154 e. The highest BCUT2D eigenvalue weighted by molar-refractivity contribution is 5.40. The third-order valence-electron chi connectivity index (χ3n) is 3.32. The summed E-state index contributed by atoms with van der Waals surface area (Å²) in [5.41, 5.74) is 1.21. The van der Waals surface area contributed by atoms with E-state index in [-0.39, 0.29) is 11.0 Å². The Morgan fingerprint density at radius 1 is 0.840 bits per heavy atom. The molecule has 0 bridgehead atoms. The van der Waals surface area contributed by atoms with Crippen LogP contribution in [0, 0.1) is 5.41 Å². The number of ether oxygens (including phenoxy) is 2. The minimum absolute atomic E-state index is 0.0131. The first kappa shape index (κ1) is 21.8. The van der Waals surface area contributed by atoms with Crippen molar-refractivity contribution in [3.8, 4) is 0 Å². The molecule has 5 nitrogen and oxygen atoms in total. The van der Waals surface area contributed by atoms with Crippen molar-refractivity contribution in [1.29, 1.82) is 0 Å². The van der Waals surface area contributed by atoms with Crippen LogP contribution in [0.2, 0.25) is 0 Å². The number of nitrogens with one attached hydrogen (secondary N) is 1. The van der Waals surface area contributed by atoms with Crippen molar-refractivity contribution in [2.45, 2.75) is 79.4 Å². The van der Waals surface area contributed by atoms with E-state index in [4.69, 9.17) is 9.47 Å². The van der Waals surface area contributed by atoms with Gasteiger partial charge < -0.3 is 14.8 Å². The number of hydrogen-bond donors (Lipinski definition) is 1. The second-order valence-corrected chi connectivity index (χ2v) is 8.84. The Balaban J connectivity index is 2.01. The second kappa shape index (κ2) is 10.7. The number of unbranched alkanes of at least 4 members (excludes halogenated alkanes) is 3. The molecule has 25 heavy (non-hydrogen) atoms. The van der Waals surface area contributed by atoms with E-state index in [9.17, 15) is 0 Å². The number of nitrogens with zero attached hydrogens (tertiary/aromatic N) is 2. The topological polar surface area (TPSA) is 56.3 Å². The van der Waals surface area contributed by atoms with Crippen LogP contribution in [0.4, 0.5) is 5.69 Å². The Hall–Kier alpha value is -1.20. The monoisotopic (exact) mass is 351 g/mol. The number of hydrogen-bond acceptors (Lipinski definition) is 5. The molecule has 0 saturated carbocycles. The summed E-state index contributed by atoms with van der Waals surface area (Å²) in [6, 6.07) is 0. The van der Waals surface area contributed by atoms with Crippen LogP contribution in [-0.4, -0.2) is 35.3 Å². The zero-order chi connectivity index (χ0) is 18.8. The Morgan fingerprint density at radius 2 is 1.40 bits per heavy atom. The van der Waals surface area contributed by atoms with E-state index in [0.29, 0.717) is 6.61 Å². The average molecular weight is 352 g/mol. The van der Waals surface area contributed by atoms with Crippen molar-refractivity contribution in [1.82, 2.24) is 9.97 Å². The molecule has 1 rings (SSSR count). The van der Waals surface area contributed by atoms with Crippen molar-refractivity contribution >= 4 is 5.69 Å². The molecule has 0 atom stereocenters. The summed E-state index contributed by atoms with van der Waals surface area (Å²) < 4.78 is 11.3.